The third kappa shape index (κ3) is 2.18. The van der Waals surface area contributed by atoms with Crippen LogP contribution < -0.4 is 5.69 Å². The van der Waals surface area contributed by atoms with Gasteiger partial charge in [-0.15, -0.1) is 6.58 Å². The molecule has 0 unspecified atom stereocenters. The van der Waals surface area contributed by atoms with Gasteiger partial charge in [0.15, 0.2) is 4.77 Å². The molecule has 1 aromatic rings. The van der Waals surface area contributed by atoms with Crippen molar-refractivity contribution in [3.63, 3.8) is 0 Å². The van der Waals surface area contributed by atoms with E-state index < -0.39 is 0 Å². The van der Waals surface area contributed by atoms with Crippen LogP contribution in [0, 0.1) is 10.2 Å². The van der Waals surface area contributed by atoms with Crippen molar-refractivity contribution in [1.29, 1.82) is 0 Å². The lowest BCUT2D eigenvalue weighted by Gasteiger charge is -2.18. The number of rotatable bonds is 3. The van der Waals surface area contributed by atoms with Crippen molar-refractivity contribution in [3.05, 3.63) is 27.9 Å². The second-order valence-electron chi connectivity index (χ2n) is 3.64. The molecule has 0 saturated carbocycles. The molecular weight excluding hydrogens is 186 g/mol. The molecule has 72 valence electrons. The third-order valence-electron chi connectivity index (χ3n) is 1.88. The molecule has 5 heteroatoms. The summed E-state index contributed by atoms with van der Waals surface area (Å²) in [7, 11) is 0. The molecule has 13 heavy (non-hydrogen) atoms. The zero-order chi connectivity index (χ0) is 10.1. The first kappa shape index (κ1) is 9.98. The van der Waals surface area contributed by atoms with Crippen LogP contribution in [-0.2, 0) is 6.54 Å². The van der Waals surface area contributed by atoms with Gasteiger partial charge in [0.2, 0.25) is 0 Å². The smallest absolute Gasteiger partial charge is 0.272 e. The van der Waals surface area contributed by atoms with Crippen LogP contribution in [0.15, 0.2) is 17.4 Å². The lowest BCUT2D eigenvalue weighted by atomic mass is 9.94. The Morgan fingerprint density at radius 2 is 2.23 bits per heavy atom. The molecular formula is C8H13N3OS. The molecule has 2 N–H and O–H groups in total. The Bertz CT molecular complexity index is 382. The number of nitrogens with zero attached hydrogens (tertiary/aromatic N) is 1. The van der Waals surface area contributed by atoms with Crippen molar-refractivity contribution >= 4 is 12.2 Å². The minimum atomic E-state index is -0.208. The van der Waals surface area contributed by atoms with Crippen LogP contribution in [0.1, 0.15) is 13.8 Å². The van der Waals surface area contributed by atoms with Crippen molar-refractivity contribution in [1.82, 2.24) is 14.8 Å². The molecule has 4 nitrogen and oxygen atoms in total. The van der Waals surface area contributed by atoms with Crippen molar-refractivity contribution in [3.8, 4) is 0 Å². The quantitative estimate of drug-likeness (QED) is 0.572. The van der Waals surface area contributed by atoms with Gasteiger partial charge in [0.1, 0.15) is 0 Å². The van der Waals surface area contributed by atoms with Crippen LogP contribution in [-0.4, -0.2) is 14.8 Å². The van der Waals surface area contributed by atoms with Crippen molar-refractivity contribution in [2.24, 2.45) is 5.41 Å². The molecule has 0 aliphatic carbocycles. The summed E-state index contributed by atoms with van der Waals surface area (Å²) >= 11 is 4.93. The zero-order valence-corrected chi connectivity index (χ0v) is 8.57. The topological polar surface area (TPSA) is 53.6 Å². The highest BCUT2D eigenvalue weighted by Crippen LogP contribution is 2.17. The molecule has 0 amide bonds. The Morgan fingerprint density at radius 3 is 2.62 bits per heavy atom. The van der Waals surface area contributed by atoms with Crippen molar-refractivity contribution in [2.45, 2.75) is 20.4 Å². The van der Waals surface area contributed by atoms with Gasteiger partial charge in [0, 0.05) is 12.0 Å². The molecule has 0 aromatic carbocycles. The zero-order valence-electron chi connectivity index (χ0n) is 7.76. The van der Waals surface area contributed by atoms with Gasteiger partial charge in [0.05, 0.1) is 0 Å². The highest BCUT2D eigenvalue weighted by Gasteiger charge is 2.15. The van der Waals surface area contributed by atoms with E-state index in [1.165, 1.54) is 4.57 Å². The number of hydrogen-bond donors (Lipinski definition) is 2. The molecule has 1 rings (SSSR count). The fourth-order valence-corrected chi connectivity index (χ4v) is 1.15. The molecule has 0 aliphatic rings. The summed E-state index contributed by atoms with van der Waals surface area (Å²) in [6.07, 6.45) is 1.81. The van der Waals surface area contributed by atoms with E-state index >= 15 is 0 Å². The highest BCUT2D eigenvalue weighted by molar-refractivity contribution is 7.71. The largest absolute Gasteiger partial charge is 0.342 e. The maximum Gasteiger partial charge on any atom is 0.342 e. The van der Waals surface area contributed by atoms with Crippen molar-refractivity contribution < 1.29 is 0 Å². The normalized spacial score (nSPS) is 11.5. The molecule has 0 radical (unpaired) electrons. The predicted molar refractivity (Wildman–Crippen MR) is 54.2 cm³/mol. The van der Waals surface area contributed by atoms with Crippen LogP contribution in [0.4, 0.5) is 0 Å². The van der Waals surface area contributed by atoms with Gasteiger partial charge < -0.3 is 0 Å². The van der Waals surface area contributed by atoms with Crippen LogP contribution in [0.25, 0.3) is 0 Å². The average Bonchev–Trinajstić information content (AvgIpc) is 2.36. The van der Waals surface area contributed by atoms with Gasteiger partial charge in [-0.1, -0.05) is 19.9 Å². The maximum atomic E-state index is 11.2. The molecule has 0 aliphatic heterocycles. The predicted octanol–water partition coefficient (Wildman–Crippen LogP) is 1.45. The minimum Gasteiger partial charge on any atom is -0.272 e. The van der Waals surface area contributed by atoms with Gasteiger partial charge in [-0.25, -0.2) is 9.89 Å². The Labute approximate surface area is 81.3 Å². The second kappa shape index (κ2) is 3.33. The highest BCUT2D eigenvalue weighted by atomic mass is 32.1. The van der Waals surface area contributed by atoms with Crippen molar-refractivity contribution in [2.75, 3.05) is 0 Å². The number of aromatic nitrogens is 3. The van der Waals surface area contributed by atoms with E-state index in [-0.39, 0.29) is 11.1 Å². The first-order chi connectivity index (χ1) is 5.96. The summed E-state index contributed by atoms with van der Waals surface area (Å²) in [5, 5.41) is 5.02. The Morgan fingerprint density at radius 1 is 1.62 bits per heavy atom. The molecule has 0 atom stereocenters. The Kier molecular flexibility index (Phi) is 2.56. The molecule has 1 heterocycles. The Hall–Kier alpha value is -1.10. The van der Waals surface area contributed by atoms with E-state index in [1.807, 2.05) is 13.8 Å². The second-order valence-corrected chi connectivity index (χ2v) is 4.03. The van der Waals surface area contributed by atoms with E-state index in [0.29, 0.717) is 11.3 Å². The molecule has 0 bridgehead atoms. The molecule has 1 aromatic heterocycles. The van der Waals surface area contributed by atoms with Gasteiger partial charge in [-0.2, -0.15) is 0 Å². The lowest BCUT2D eigenvalue weighted by molar-refractivity contribution is 0.388. The number of nitrogens with one attached hydrogen (secondary N) is 2. The van der Waals surface area contributed by atoms with Crippen LogP contribution in [0.5, 0.6) is 0 Å². The summed E-state index contributed by atoms with van der Waals surface area (Å²) in [6.45, 7) is 8.23. The van der Waals surface area contributed by atoms with E-state index in [2.05, 4.69) is 16.8 Å². The summed E-state index contributed by atoms with van der Waals surface area (Å²) in [6, 6.07) is 0. The number of aromatic amines is 2. The lowest BCUT2D eigenvalue weighted by Crippen LogP contribution is -2.25. The fraction of sp³-hybridized carbons (Fsp3) is 0.500. The number of allylic oxidation sites excluding steroid dienone is 1. The van der Waals surface area contributed by atoms with E-state index in [4.69, 9.17) is 12.2 Å². The summed E-state index contributed by atoms with van der Waals surface area (Å²) in [5.74, 6) is 0. The standard InChI is InChI=1S/C8H13N3OS/c1-4-8(2,3)5-11-6(12)9-10-7(11)13/h4H,1,5H2,2-3H3,(H,9,12)(H,10,13). The molecule has 0 saturated heterocycles. The van der Waals surface area contributed by atoms with Gasteiger partial charge in [-0.3, -0.25) is 9.67 Å². The van der Waals surface area contributed by atoms with E-state index in [9.17, 15) is 4.79 Å². The minimum absolute atomic E-state index is 0.132. The average molecular weight is 199 g/mol. The molecule has 0 spiro atoms. The summed E-state index contributed by atoms with van der Waals surface area (Å²) in [5.41, 5.74) is -0.340. The first-order valence-corrected chi connectivity index (χ1v) is 4.38. The summed E-state index contributed by atoms with van der Waals surface area (Å²) in [4.78, 5) is 11.2. The van der Waals surface area contributed by atoms with Crippen LogP contribution in [0.2, 0.25) is 0 Å². The summed E-state index contributed by atoms with van der Waals surface area (Å²) < 4.78 is 1.90. The van der Waals surface area contributed by atoms with E-state index in [0.717, 1.165) is 0 Å². The maximum absolute atomic E-state index is 11.2. The van der Waals surface area contributed by atoms with Crippen LogP contribution in [0.3, 0.4) is 0 Å². The van der Waals surface area contributed by atoms with Gasteiger partial charge in [0.25, 0.3) is 0 Å². The Balaban J connectivity index is 3.05. The number of hydrogen-bond acceptors (Lipinski definition) is 2. The third-order valence-corrected chi connectivity index (χ3v) is 2.21. The van der Waals surface area contributed by atoms with Crippen LogP contribution >= 0.6 is 12.2 Å². The first-order valence-electron chi connectivity index (χ1n) is 3.97. The van der Waals surface area contributed by atoms with Gasteiger partial charge >= 0.3 is 5.69 Å². The monoisotopic (exact) mass is 199 g/mol. The van der Waals surface area contributed by atoms with E-state index in [1.54, 1.807) is 6.08 Å². The SMILES string of the molecule is C=CC(C)(C)Cn1c(=O)[nH][nH]c1=S. The number of H-pyrrole nitrogens is 2. The molecule has 0 fully saturated rings. The fourth-order valence-electron chi connectivity index (χ4n) is 0.950. The van der Waals surface area contributed by atoms with Gasteiger partial charge in [-0.05, 0) is 12.2 Å².